The minimum absolute atomic E-state index is 0.907. The third-order valence-electron chi connectivity index (χ3n) is 2.87. The van der Waals surface area contributed by atoms with Crippen LogP contribution in [0.25, 0.3) is 21.2 Å². The zero-order valence-corrected chi connectivity index (χ0v) is 11.0. The average molecular weight is 254 g/mol. The summed E-state index contributed by atoms with van der Waals surface area (Å²) in [6, 6.07) is 15.0. The Morgan fingerprint density at radius 3 is 2.78 bits per heavy atom. The van der Waals surface area contributed by atoms with Gasteiger partial charge in [0.05, 0.1) is 4.88 Å². The van der Waals surface area contributed by atoms with Gasteiger partial charge in [0.2, 0.25) is 0 Å². The van der Waals surface area contributed by atoms with E-state index in [-0.39, 0.29) is 0 Å². The van der Waals surface area contributed by atoms with Crippen molar-refractivity contribution in [3.05, 3.63) is 48.7 Å². The molecule has 3 heteroatoms. The van der Waals surface area contributed by atoms with E-state index in [2.05, 4.69) is 59.7 Å². The van der Waals surface area contributed by atoms with Crippen LogP contribution in [0.3, 0.4) is 0 Å². The van der Waals surface area contributed by atoms with E-state index in [1.54, 1.807) is 11.3 Å². The Bertz CT molecular complexity index is 673. The highest BCUT2D eigenvalue weighted by atomic mass is 32.1. The molecule has 0 unspecified atom stereocenters. The van der Waals surface area contributed by atoms with Crippen molar-refractivity contribution in [3.8, 4) is 10.4 Å². The molecule has 0 amide bonds. The number of fused-ring (bicyclic) bond motifs is 1. The molecule has 0 bridgehead atoms. The maximum atomic E-state index is 4.37. The number of aromatic nitrogens is 1. The van der Waals surface area contributed by atoms with Gasteiger partial charge in [-0.3, -0.25) is 0 Å². The number of rotatable bonds is 3. The van der Waals surface area contributed by atoms with Crippen LogP contribution in [0.1, 0.15) is 6.92 Å². The van der Waals surface area contributed by atoms with Gasteiger partial charge in [-0.15, -0.1) is 0 Å². The largest absolute Gasteiger partial charge is 0.362 e. The second-order valence-corrected chi connectivity index (χ2v) is 5.15. The summed E-state index contributed by atoms with van der Waals surface area (Å²) < 4.78 is 0. The van der Waals surface area contributed by atoms with Crippen LogP contribution < -0.4 is 5.32 Å². The van der Waals surface area contributed by atoms with Crippen LogP contribution >= 0.6 is 11.3 Å². The molecule has 1 N–H and O–H groups in total. The minimum atomic E-state index is 0.907. The molecule has 1 aromatic heterocycles. The van der Waals surface area contributed by atoms with Crippen LogP contribution in [0.15, 0.2) is 48.7 Å². The van der Waals surface area contributed by atoms with Crippen LogP contribution in [0, 0.1) is 0 Å². The van der Waals surface area contributed by atoms with E-state index in [1.807, 2.05) is 6.20 Å². The molecule has 1 heterocycles. The molecule has 3 rings (SSSR count). The highest BCUT2D eigenvalue weighted by Gasteiger charge is 2.04. The first-order valence-electron chi connectivity index (χ1n) is 6.05. The second kappa shape index (κ2) is 4.78. The summed E-state index contributed by atoms with van der Waals surface area (Å²) >= 11 is 1.70. The van der Waals surface area contributed by atoms with E-state index in [9.17, 15) is 0 Å². The van der Waals surface area contributed by atoms with Gasteiger partial charge in [-0.2, -0.15) is 0 Å². The molecular formula is C15H14N2S. The molecule has 2 nitrogen and oxygen atoms in total. The van der Waals surface area contributed by atoms with Crippen molar-refractivity contribution in [1.82, 2.24) is 4.98 Å². The third kappa shape index (κ3) is 2.09. The van der Waals surface area contributed by atoms with Crippen LogP contribution in [0.5, 0.6) is 0 Å². The van der Waals surface area contributed by atoms with Gasteiger partial charge in [0.25, 0.3) is 0 Å². The van der Waals surface area contributed by atoms with Crippen molar-refractivity contribution >= 4 is 27.2 Å². The summed E-state index contributed by atoms with van der Waals surface area (Å²) in [6.07, 6.45) is 1.94. The van der Waals surface area contributed by atoms with Gasteiger partial charge in [-0.1, -0.05) is 47.7 Å². The zero-order chi connectivity index (χ0) is 12.4. The predicted octanol–water partition coefficient (Wildman–Crippen LogP) is 4.40. The summed E-state index contributed by atoms with van der Waals surface area (Å²) in [5.74, 6) is 0. The third-order valence-corrected chi connectivity index (χ3v) is 3.87. The van der Waals surface area contributed by atoms with E-state index >= 15 is 0 Å². The summed E-state index contributed by atoms with van der Waals surface area (Å²) in [5, 5.41) is 6.78. The first kappa shape index (κ1) is 11.2. The topological polar surface area (TPSA) is 24.9 Å². The maximum absolute atomic E-state index is 4.37. The lowest BCUT2D eigenvalue weighted by Gasteiger charge is -2.00. The van der Waals surface area contributed by atoms with Gasteiger partial charge in [-0.05, 0) is 29.3 Å². The summed E-state index contributed by atoms with van der Waals surface area (Å²) in [4.78, 5) is 5.58. The molecule has 0 fully saturated rings. The molecule has 90 valence electrons. The minimum Gasteiger partial charge on any atom is -0.362 e. The first-order chi connectivity index (χ1) is 8.86. The van der Waals surface area contributed by atoms with Gasteiger partial charge in [0.15, 0.2) is 5.13 Å². The molecule has 3 aromatic rings. The Balaban J connectivity index is 2.02. The lowest BCUT2D eigenvalue weighted by Crippen LogP contribution is -1.94. The number of anilines is 1. The molecule has 18 heavy (non-hydrogen) atoms. The molecular weight excluding hydrogens is 240 g/mol. The van der Waals surface area contributed by atoms with Crippen molar-refractivity contribution in [2.75, 3.05) is 11.9 Å². The van der Waals surface area contributed by atoms with E-state index in [0.717, 1.165) is 11.7 Å². The molecule has 0 saturated heterocycles. The van der Waals surface area contributed by atoms with Crippen LogP contribution in [0.2, 0.25) is 0 Å². The molecule has 2 aromatic carbocycles. The van der Waals surface area contributed by atoms with Gasteiger partial charge in [-0.25, -0.2) is 4.98 Å². The highest BCUT2D eigenvalue weighted by Crippen LogP contribution is 2.30. The quantitative estimate of drug-likeness (QED) is 0.749. The van der Waals surface area contributed by atoms with Crippen molar-refractivity contribution < 1.29 is 0 Å². The Morgan fingerprint density at radius 1 is 1.11 bits per heavy atom. The fourth-order valence-electron chi connectivity index (χ4n) is 1.98. The van der Waals surface area contributed by atoms with Crippen molar-refractivity contribution in [3.63, 3.8) is 0 Å². The summed E-state index contributed by atoms with van der Waals surface area (Å²) in [5.41, 5.74) is 1.23. The number of nitrogens with zero attached hydrogens (tertiary/aromatic N) is 1. The summed E-state index contributed by atoms with van der Waals surface area (Å²) in [7, 11) is 0. The first-order valence-corrected chi connectivity index (χ1v) is 6.87. The SMILES string of the molecule is CCNc1ncc(-c2ccc3ccccc3c2)s1. The number of nitrogens with one attached hydrogen (secondary N) is 1. The molecule has 0 radical (unpaired) electrons. The smallest absolute Gasteiger partial charge is 0.183 e. The Kier molecular flexibility index (Phi) is 2.99. The van der Waals surface area contributed by atoms with Crippen molar-refractivity contribution in [2.45, 2.75) is 6.92 Å². The van der Waals surface area contributed by atoms with E-state index < -0.39 is 0 Å². The standard InChI is InChI=1S/C15H14N2S/c1-2-16-15-17-10-14(18-15)13-8-7-11-5-3-4-6-12(11)9-13/h3-10H,2H2,1H3,(H,16,17). The number of hydrogen-bond donors (Lipinski definition) is 1. The van der Waals surface area contributed by atoms with Gasteiger partial charge in [0, 0.05) is 12.7 Å². The van der Waals surface area contributed by atoms with Crippen molar-refractivity contribution in [2.24, 2.45) is 0 Å². The lowest BCUT2D eigenvalue weighted by atomic mass is 10.1. The maximum Gasteiger partial charge on any atom is 0.183 e. The van der Waals surface area contributed by atoms with Gasteiger partial charge < -0.3 is 5.32 Å². The average Bonchev–Trinajstić information content (AvgIpc) is 2.87. The van der Waals surface area contributed by atoms with E-state index in [4.69, 9.17) is 0 Å². The summed E-state index contributed by atoms with van der Waals surface area (Å²) in [6.45, 7) is 2.99. The molecule has 0 aliphatic heterocycles. The van der Waals surface area contributed by atoms with Crippen LogP contribution in [-0.2, 0) is 0 Å². The van der Waals surface area contributed by atoms with Gasteiger partial charge >= 0.3 is 0 Å². The Hall–Kier alpha value is -1.87. The lowest BCUT2D eigenvalue weighted by molar-refractivity contribution is 1.19. The van der Waals surface area contributed by atoms with Crippen LogP contribution in [-0.4, -0.2) is 11.5 Å². The normalized spacial score (nSPS) is 10.7. The molecule has 0 aliphatic carbocycles. The van der Waals surface area contributed by atoms with Gasteiger partial charge in [0.1, 0.15) is 0 Å². The van der Waals surface area contributed by atoms with E-state index in [1.165, 1.54) is 21.2 Å². The zero-order valence-electron chi connectivity index (χ0n) is 10.2. The Morgan fingerprint density at radius 2 is 1.94 bits per heavy atom. The monoisotopic (exact) mass is 254 g/mol. The number of thiazole rings is 1. The van der Waals surface area contributed by atoms with Crippen LogP contribution in [0.4, 0.5) is 5.13 Å². The molecule has 0 saturated carbocycles. The number of hydrogen-bond acceptors (Lipinski definition) is 3. The molecule has 0 aliphatic rings. The number of benzene rings is 2. The molecule has 0 atom stereocenters. The molecule has 0 spiro atoms. The highest BCUT2D eigenvalue weighted by molar-refractivity contribution is 7.18. The fourth-order valence-corrected chi connectivity index (χ4v) is 2.86. The Labute approximate surface area is 110 Å². The fraction of sp³-hybridized carbons (Fsp3) is 0.133. The van der Waals surface area contributed by atoms with Crippen molar-refractivity contribution in [1.29, 1.82) is 0 Å². The second-order valence-electron chi connectivity index (χ2n) is 4.12. The van der Waals surface area contributed by atoms with E-state index in [0.29, 0.717) is 0 Å². The predicted molar refractivity (Wildman–Crippen MR) is 79.2 cm³/mol.